The van der Waals surface area contributed by atoms with Gasteiger partial charge in [0.25, 0.3) is 5.91 Å². The molecule has 2 atom stereocenters. The topological polar surface area (TPSA) is 79.4 Å². The number of hydrogen-bond acceptors (Lipinski definition) is 6. The van der Waals surface area contributed by atoms with Crippen LogP contribution in [0.5, 0.6) is 0 Å². The van der Waals surface area contributed by atoms with Crippen LogP contribution in [0.4, 0.5) is 32.3 Å². The number of carbonyl (C=O) groups is 1. The molecule has 36 heavy (non-hydrogen) atoms. The van der Waals surface area contributed by atoms with Crippen LogP contribution in [0, 0.1) is 0 Å². The van der Waals surface area contributed by atoms with Gasteiger partial charge in [-0.05, 0) is 24.1 Å². The largest absolute Gasteiger partial charge is 0.417 e. The summed E-state index contributed by atoms with van der Waals surface area (Å²) >= 11 is 16.6. The maximum Gasteiger partial charge on any atom is 0.417 e. The number of rotatable bonds is 4. The minimum Gasteiger partial charge on any atom is -0.362 e. The maximum absolute atomic E-state index is 14.4. The van der Waals surface area contributed by atoms with E-state index in [4.69, 9.17) is 40.3 Å². The molecule has 2 fully saturated rings. The van der Waals surface area contributed by atoms with Crippen molar-refractivity contribution >= 4 is 52.3 Å². The number of nitrogens with one attached hydrogen (secondary N) is 2. The number of hydroxylamine groups is 1. The van der Waals surface area contributed by atoms with Crippen LogP contribution in [0.2, 0.25) is 10.0 Å². The van der Waals surface area contributed by atoms with Gasteiger partial charge in [0.15, 0.2) is 0 Å². The first-order valence-electron chi connectivity index (χ1n) is 10.2. The Balaban J connectivity index is 1.60. The first-order valence-corrected chi connectivity index (χ1v) is 11.3. The molecule has 1 aromatic heterocycles. The van der Waals surface area contributed by atoms with Crippen LogP contribution in [0.3, 0.4) is 0 Å². The lowest BCUT2D eigenvalue weighted by atomic mass is 9.78. The molecule has 0 spiro atoms. The fraction of sp³-hybridized carbons (Fsp3) is 0.400. The van der Waals surface area contributed by atoms with Gasteiger partial charge in [-0.1, -0.05) is 35.4 Å². The highest BCUT2D eigenvalue weighted by molar-refractivity contribution is 7.80. The molecule has 2 unspecified atom stereocenters. The summed E-state index contributed by atoms with van der Waals surface area (Å²) in [6.07, 6.45) is -7.96. The third-order valence-electron chi connectivity index (χ3n) is 5.93. The van der Waals surface area contributed by atoms with Crippen LogP contribution in [0.1, 0.15) is 23.1 Å². The van der Waals surface area contributed by atoms with Gasteiger partial charge in [-0.2, -0.15) is 26.3 Å². The average Bonchev–Trinajstić information content (AvgIpc) is 3.42. The third-order valence-corrected chi connectivity index (χ3v) is 7.08. The fourth-order valence-electron chi connectivity index (χ4n) is 3.98. The molecule has 0 bridgehead atoms. The predicted molar refractivity (Wildman–Crippen MR) is 121 cm³/mol. The number of hydrogen-bond donors (Lipinski definition) is 2. The van der Waals surface area contributed by atoms with Gasteiger partial charge in [-0.25, -0.2) is 15.4 Å². The number of amides is 1. The van der Waals surface area contributed by atoms with Crippen molar-refractivity contribution in [3.05, 3.63) is 51.3 Å². The van der Waals surface area contributed by atoms with E-state index in [0.29, 0.717) is 11.6 Å². The van der Waals surface area contributed by atoms with Crippen molar-refractivity contribution in [3.8, 4) is 0 Å². The molecule has 2 aliphatic rings. The average molecular weight is 574 g/mol. The second-order valence-corrected chi connectivity index (χ2v) is 9.34. The molecule has 2 N–H and O–H groups in total. The SMILES string of the molecule is O=C1NOCC1NC(=S)c1cnc(N2CCC(c3cc(Cl)c(Cl)c(C(F)(F)F)c3)(C(F)(F)F)C2)nc1. The summed E-state index contributed by atoms with van der Waals surface area (Å²) in [4.78, 5) is 25.8. The van der Waals surface area contributed by atoms with Crippen molar-refractivity contribution < 1.29 is 36.0 Å². The second-order valence-electron chi connectivity index (χ2n) is 8.14. The molecule has 2 saturated heterocycles. The van der Waals surface area contributed by atoms with E-state index >= 15 is 0 Å². The van der Waals surface area contributed by atoms with E-state index in [0.717, 1.165) is 6.07 Å². The highest BCUT2D eigenvalue weighted by Crippen LogP contribution is 2.51. The normalized spacial score (nSPS) is 22.6. The Morgan fingerprint density at radius 2 is 1.86 bits per heavy atom. The third kappa shape index (κ3) is 4.91. The van der Waals surface area contributed by atoms with E-state index in [-0.39, 0.29) is 24.1 Å². The van der Waals surface area contributed by atoms with Crippen LogP contribution in [0.25, 0.3) is 0 Å². The van der Waals surface area contributed by atoms with Gasteiger partial charge >= 0.3 is 12.4 Å². The van der Waals surface area contributed by atoms with Crippen molar-refractivity contribution in [1.82, 2.24) is 20.8 Å². The summed E-state index contributed by atoms with van der Waals surface area (Å²) in [5.74, 6) is -0.503. The van der Waals surface area contributed by atoms with Crippen molar-refractivity contribution in [2.75, 3.05) is 24.6 Å². The smallest absolute Gasteiger partial charge is 0.362 e. The Morgan fingerprint density at radius 1 is 1.19 bits per heavy atom. The van der Waals surface area contributed by atoms with Gasteiger partial charge in [0.05, 0.1) is 15.6 Å². The number of carbonyl (C=O) groups excluding carboxylic acids is 1. The molecule has 2 aromatic rings. The van der Waals surface area contributed by atoms with Gasteiger partial charge in [0, 0.05) is 31.0 Å². The summed E-state index contributed by atoms with van der Waals surface area (Å²) in [5, 5.41) is 1.25. The Hall–Kier alpha value is -2.42. The van der Waals surface area contributed by atoms with E-state index < -0.39 is 63.9 Å². The summed E-state index contributed by atoms with van der Waals surface area (Å²) < 4.78 is 83.3. The summed E-state index contributed by atoms with van der Waals surface area (Å²) in [5.41, 5.74) is -2.32. The van der Waals surface area contributed by atoms with Gasteiger partial charge in [-0.15, -0.1) is 0 Å². The number of nitrogens with zero attached hydrogens (tertiary/aromatic N) is 3. The molecular weight excluding hydrogens is 559 g/mol. The van der Waals surface area contributed by atoms with Crippen molar-refractivity contribution in [2.24, 2.45) is 0 Å². The Labute approximate surface area is 215 Å². The van der Waals surface area contributed by atoms with E-state index in [9.17, 15) is 31.1 Å². The van der Waals surface area contributed by atoms with Crippen LogP contribution >= 0.6 is 35.4 Å². The summed E-state index contributed by atoms with van der Waals surface area (Å²) in [6, 6.07) is 0.478. The zero-order valence-corrected chi connectivity index (χ0v) is 20.1. The van der Waals surface area contributed by atoms with Crippen LogP contribution in [-0.2, 0) is 21.2 Å². The molecule has 1 aromatic carbocycles. The Morgan fingerprint density at radius 3 is 2.42 bits per heavy atom. The fourth-order valence-corrected chi connectivity index (χ4v) is 4.66. The molecule has 0 radical (unpaired) electrons. The quantitative estimate of drug-likeness (QED) is 0.419. The van der Waals surface area contributed by atoms with E-state index in [1.807, 2.05) is 0 Å². The molecule has 1 amide bonds. The highest BCUT2D eigenvalue weighted by Gasteiger charge is 2.60. The molecule has 0 aliphatic carbocycles. The summed E-state index contributed by atoms with van der Waals surface area (Å²) in [7, 11) is 0. The molecule has 0 saturated carbocycles. The molecule has 4 rings (SSSR count). The van der Waals surface area contributed by atoms with Crippen LogP contribution in [-0.4, -0.2) is 52.8 Å². The Bertz CT molecular complexity index is 1200. The lowest BCUT2D eigenvalue weighted by molar-refractivity contribution is -0.184. The van der Waals surface area contributed by atoms with E-state index in [1.54, 1.807) is 0 Å². The first-order chi connectivity index (χ1) is 16.7. The monoisotopic (exact) mass is 573 g/mol. The predicted octanol–water partition coefficient (Wildman–Crippen LogP) is 4.21. The van der Waals surface area contributed by atoms with Crippen molar-refractivity contribution in [2.45, 2.75) is 30.2 Å². The zero-order valence-electron chi connectivity index (χ0n) is 17.8. The minimum absolute atomic E-state index is 0.0377. The molecule has 7 nitrogen and oxygen atoms in total. The van der Waals surface area contributed by atoms with Crippen molar-refractivity contribution in [1.29, 1.82) is 0 Å². The standard InChI is InChI=1S/C20H15Cl2F6N5O2S/c21-12-4-10(3-11(14(12)22)19(23,24)25)18(20(26,27)28)1-2-33(8-18)17-29-5-9(6-30-17)16(36)31-13-7-35-32-15(13)34/h3-6,13H,1-2,7-8H2,(H,31,36)(H,32,34). The number of benzene rings is 1. The number of alkyl halides is 6. The van der Waals surface area contributed by atoms with Crippen molar-refractivity contribution in [3.63, 3.8) is 0 Å². The molecule has 3 heterocycles. The van der Waals surface area contributed by atoms with Gasteiger partial charge in [0.2, 0.25) is 5.95 Å². The number of thiocarbonyl (C=S) groups is 1. The number of anilines is 1. The zero-order chi connectivity index (χ0) is 26.5. The minimum atomic E-state index is -5.00. The van der Waals surface area contributed by atoms with E-state index in [2.05, 4.69) is 20.8 Å². The van der Waals surface area contributed by atoms with Crippen LogP contribution < -0.4 is 15.7 Å². The van der Waals surface area contributed by atoms with E-state index in [1.165, 1.54) is 17.3 Å². The summed E-state index contributed by atoms with van der Waals surface area (Å²) in [6.45, 7) is -0.897. The lowest BCUT2D eigenvalue weighted by Gasteiger charge is -2.33. The Kier molecular flexibility index (Phi) is 7.01. The molecular formula is C20H15Cl2F6N5O2S. The maximum atomic E-state index is 14.4. The first kappa shape index (κ1) is 26.6. The lowest BCUT2D eigenvalue weighted by Crippen LogP contribution is -2.45. The van der Waals surface area contributed by atoms with Gasteiger partial charge < -0.3 is 10.2 Å². The molecule has 194 valence electrons. The van der Waals surface area contributed by atoms with Gasteiger partial charge in [0.1, 0.15) is 23.1 Å². The van der Waals surface area contributed by atoms with Crippen LogP contribution in [0.15, 0.2) is 24.5 Å². The number of halogens is 8. The number of aromatic nitrogens is 2. The molecule has 2 aliphatic heterocycles. The highest BCUT2D eigenvalue weighted by atomic mass is 35.5. The molecule has 16 heteroatoms. The second kappa shape index (κ2) is 9.47. The van der Waals surface area contributed by atoms with Gasteiger partial charge in [-0.3, -0.25) is 9.63 Å².